The fourth-order valence-electron chi connectivity index (χ4n) is 2.04. The standard InChI is InChI=1S/C18H35N3O4/c1-13(21-16(23)25-18(5,6)7)20-10-8-9-14(12-19)11-15(22)24-17(2,3)4/h14H,8-12,19H2,1-7H3,(H,20,21,23)/t14-/m1/s1. The fourth-order valence-corrected chi connectivity index (χ4v) is 2.04. The molecule has 0 aromatic carbocycles. The number of nitrogens with two attached hydrogens (primary N) is 1. The van der Waals surface area contributed by atoms with E-state index in [-0.39, 0.29) is 11.9 Å². The molecule has 0 aliphatic heterocycles. The quantitative estimate of drug-likeness (QED) is 0.315. The predicted molar refractivity (Wildman–Crippen MR) is 99.6 cm³/mol. The highest BCUT2D eigenvalue weighted by molar-refractivity contribution is 5.93. The number of carbonyl (C=O) groups excluding carboxylic acids is 2. The van der Waals surface area contributed by atoms with E-state index in [1.165, 1.54) is 0 Å². The summed E-state index contributed by atoms with van der Waals surface area (Å²) in [5, 5.41) is 2.59. The third-order valence-electron chi connectivity index (χ3n) is 3.01. The molecule has 0 radical (unpaired) electrons. The summed E-state index contributed by atoms with van der Waals surface area (Å²) in [4.78, 5) is 27.7. The minimum atomic E-state index is -0.541. The van der Waals surface area contributed by atoms with Crippen LogP contribution in [0.4, 0.5) is 4.79 Å². The lowest BCUT2D eigenvalue weighted by atomic mass is 9.99. The van der Waals surface area contributed by atoms with Gasteiger partial charge in [-0.3, -0.25) is 15.1 Å². The largest absolute Gasteiger partial charge is 0.460 e. The summed E-state index contributed by atoms with van der Waals surface area (Å²) in [5.74, 6) is 0.351. The summed E-state index contributed by atoms with van der Waals surface area (Å²) >= 11 is 0. The maximum Gasteiger partial charge on any atom is 0.413 e. The van der Waals surface area contributed by atoms with Crippen molar-refractivity contribution in [2.24, 2.45) is 16.6 Å². The van der Waals surface area contributed by atoms with Crippen LogP contribution in [0.2, 0.25) is 0 Å². The molecular formula is C18H35N3O4. The summed E-state index contributed by atoms with van der Waals surface area (Å²) < 4.78 is 10.5. The second kappa shape index (κ2) is 10.4. The van der Waals surface area contributed by atoms with Crippen LogP contribution in [0.15, 0.2) is 4.99 Å². The SMILES string of the molecule is CC(=NCCC[C@@H](CN)CC(=O)OC(C)(C)C)NC(=O)OC(C)(C)C. The van der Waals surface area contributed by atoms with Gasteiger partial charge in [-0.05, 0) is 73.8 Å². The van der Waals surface area contributed by atoms with Crippen molar-refractivity contribution in [3.63, 3.8) is 0 Å². The Hall–Kier alpha value is -1.63. The number of nitrogens with one attached hydrogen (secondary N) is 1. The van der Waals surface area contributed by atoms with E-state index in [0.717, 1.165) is 12.8 Å². The molecule has 0 aromatic rings. The van der Waals surface area contributed by atoms with E-state index in [9.17, 15) is 9.59 Å². The van der Waals surface area contributed by atoms with E-state index in [1.54, 1.807) is 27.7 Å². The Bertz CT molecular complexity index is 462. The van der Waals surface area contributed by atoms with Gasteiger partial charge in [0, 0.05) is 13.0 Å². The minimum Gasteiger partial charge on any atom is -0.460 e. The highest BCUT2D eigenvalue weighted by Crippen LogP contribution is 2.15. The van der Waals surface area contributed by atoms with Crippen molar-refractivity contribution < 1.29 is 19.1 Å². The number of nitrogens with zero attached hydrogens (tertiary/aromatic N) is 1. The number of hydrogen-bond donors (Lipinski definition) is 2. The van der Waals surface area contributed by atoms with Gasteiger partial charge in [0.1, 0.15) is 17.0 Å². The van der Waals surface area contributed by atoms with Crippen molar-refractivity contribution in [3.8, 4) is 0 Å². The van der Waals surface area contributed by atoms with Crippen LogP contribution in [0.25, 0.3) is 0 Å². The second-order valence-electron chi connectivity index (χ2n) is 8.13. The topological polar surface area (TPSA) is 103 Å². The molecule has 1 amide bonds. The zero-order valence-electron chi connectivity index (χ0n) is 16.8. The van der Waals surface area contributed by atoms with Gasteiger partial charge < -0.3 is 15.2 Å². The molecule has 1 atom stereocenters. The first-order valence-electron chi connectivity index (χ1n) is 8.75. The Morgan fingerprint density at radius 1 is 1.08 bits per heavy atom. The number of aliphatic imine (C=N–C) groups is 1. The van der Waals surface area contributed by atoms with E-state index in [4.69, 9.17) is 15.2 Å². The zero-order chi connectivity index (χ0) is 19.7. The highest BCUT2D eigenvalue weighted by Gasteiger charge is 2.20. The molecule has 25 heavy (non-hydrogen) atoms. The Morgan fingerprint density at radius 2 is 1.64 bits per heavy atom. The van der Waals surface area contributed by atoms with Crippen LogP contribution in [0, 0.1) is 5.92 Å². The van der Waals surface area contributed by atoms with Crippen LogP contribution in [0.5, 0.6) is 0 Å². The maximum absolute atomic E-state index is 11.8. The minimum absolute atomic E-state index is 0.0733. The number of alkyl carbamates (subject to hydrolysis) is 1. The van der Waals surface area contributed by atoms with Gasteiger partial charge in [0.05, 0.1) is 0 Å². The summed E-state index contributed by atoms with van der Waals surface area (Å²) in [5.41, 5.74) is 4.71. The third kappa shape index (κ3) is 14.4. The summed E-state index contributed by atoms with van der Waals surface area (Å²) in [7, 11) is 0. The van der Waals surface area contributed by atoms with Crippen LogP contribution < -0.4 is 11.1 Å². The first kappa shape index (κ1) is 23.4. The van der Waals surface area contributed by atoms with Crippen molar-refractivity contribution in [1.82, 2.24) is 5.32 Å². The van der Waals surface area contributed by atoms with Crippen molar-refractivity contribution in [1.29, 1.82) is 0 Å². The smallest absolute Gasteiger partial charge is 0.413 e. The number of amidine groups is 1. The molecule has 0 aromatic heterocycles. The lowest BCUT2D eigenvalue weighted by Crippen LogP contribution is -2.35. The van der Waals surface area contributed by atoms with Gasteiger partial charge in [-0.2, -0.15) is 0 Å². The van der Waals surface area contributed by atoms with Crippen LogP contribution in [0.1, 0.15) is 67.7 Å². The monoisotopic (exact) mass is 357 g/mol. The van der Waals surface area contributed by atoms with Crippen molar-refractivity contribution in [2.45, 2.75) is 78.9 Å². The second-order valence-corrected chi connectivity index (χ2v) is 8.13. The molecule has 0 aliphatic carbocycles. The molecule has 0 saturated carbocycles. The number of amides is 1. The molecule has 0 bridgehead atoms. The summed E-state index contributed by atoms with van der Waals surface area (Å²) in [6, 6.07) is 0. The van der Waals surface area contributed by atoms with Gasteiger partial charge in [0.2, 0.25) is 0 Å². The summed E-state index contributed by atoms with van der Waals surface area (Å²) in [6.07, 6.45) is 1.35. The van der Waals surface area contributed by atoms with Crippen molar-refractivity contribution in [3.05, 3.63) is 0 Å². The van der Waals surface area contributed by atoms with Gasteiger partial charge in [0.25, 0.3) is 0 Å². The average molecular weight is 357 g/mol. The van der Waals surface area contributed by atoms with Gasteiger partial charge in [-0.1, -0.05) is 0 Å². The van der Waals surface area contributed by atoms with Gasteiger partial charge in [-0.25, -0.2) is 4.79 Å². The predicted octanol–water partition coefficient (Wildman–Crippen LogP) is 3.02. The molecule has 0 fully saturated rings. The lowest BCUT2D eigenvalue weighted by molar-refractivity contribution is -0.155. The molecule has 0 unspecified atom stereocenters. The molecule has 0 spiro atoms. The van der Waals surface area contributed by atoms with Crippen LogP contribution in [0.3, 0.4) is 0 Å². The van der Waals surface area contributed by atoms with Gasteiger partial charge >= 0.3 is 12.1 Å². The number of esters is 1. The maximum atomic E-state index is 11.8. The summed E-state index contributed by atoms with van der Waals surface area (Å²) in [6.45, 7) is 13.6. The molecule has 0 saturated heterocycles. The fraction of sp³-hybridized carbons (Fsp3) is 0.833. The first-order valence-corrected chi connectivity index (χ1v) is 8.75. The number of ether oxygens (including phenoxy) is 2. The molecule has 7 nitrogen and oxygen atoms in total. The molecular weight excluding hydrogens is 322 g/mol. The Kier molecular flexibility index (Phi) is 9.70. The van der Waals surface area contributed by atoms with E-state index in [2.05, 4.69) is 10.3 Å². The van der Waals surface area contributed by atoms with E-state index in [1.807, 2.05) is 20.8 Å². The van der Waals surface area contributed by atoms with Crippen LogP contribution >= 0.6 is 0 Å². The average Bonchev–Trinajstić information content (AvgIpc) is 2.37. The zero-order valence-corrected chi connectivity index (χ0v) is 16.8. The van der Waals surface area contributed by atoms with Gasteiger partial charge in [0.15, 0.2) is 0 Å². The third-order valence-corrected chi connectivity index (χ3v) is 3.01. The lowest BCUT2D eigenvalue weighted by Gasteiger charge is -2.21. The Morgan fingerprint density at radius 3 is 2.12 bits per heavy atom. The number of carbonyl (C=O) groups is 2. The molecule has 7 heteroatoms. The Balaban J connectivity index is 4.17. The highest BCUT2D eigenvalue weighted by atomic mass is 16.6. The van der Waals surface area contributed by atoms with E-state index in [0.29, 0.717) is 25.3 Å². The molecule has 0 heterocycles. The normalized spacial score (nSPS) is 14.0. The van der Waals surface area contributed by atoms with E-state index >= 15 is 0 Å². The number of rotatable bonds is 7. The van der Waals surface area contributed by atoms with E-state index < -0.39 is 17.3 Å². The molecule has 146 valence electrons. The molecule has 0 aliphatic rings. The van der Waals surface area contributed by atoms with Crippen molar-refractivity contribution in [2.75, 3.05) is 13.1 Å². The molecule has 0 rings (SSSR count). The first-order chi connectivity index (χ1) is 11.3. The van der Waals surface area contributed by atoms with Crippen molar-refractivity contribution >= 4 is 17.9 Å². The van der Waals surface area contributed by atoms with Gasteiger partial charge in [-0.15, -0.1) is 0 Å². The Labute approximate surface area is 151 Å². The van der Waals surface area contributed by atoms with Crippen LogP contribution in [-0.4, -0.2) is 42.2 Å². The molecule has 3 N–H and O–H groups in total. The number of hydrogen-bond acceptors (Lipinski definition) is 6. The van der Waals surface area contributed by atoms with Crippen LogP contribution in [-0.2, 0) is 14.3 Å².